The molecule has 2 nitrogen and oxygen atoms in total. The van der Waals surface area contributed by atoms with Crippen molar-refractivity contribution < 1.29 is 4.79 Å². The van der Waals surface area contributed by atoms with Crippen LogP contribution in [-0.4, -0.2) is 19.4 Å². The van der Waals surface area contributed by atoms with Gasteiger partial charge in [-0.3, -0.25) is 4.79 Å². The molecule has 1 aromatic rings. The Morgan fingerprint density at radius 1 is 1.50 bits per heavy atom. The molecule has 0 amide bonds. The van der Waals surface area contributed by atoms with Gasteiger partial charge in [0.05, 0.1) is 0 Å². The molecule has 0 bridgehead atoms. The van der Waals surface area contributed by atoms with E-state index in [0.717, 1.165) is 31.4 Å². The molecule has 1 heterocycles. The zero-order valence-corrected chi connectivity index (χ0v) is 8.42. The van der Waals surface area contributed by atoms with Crippen molar-refractivity contribution in [3.8, 4) is 0 Å². The number of nitrogens with one attached hydrogen (secondary N) is 1. The van der Waals surface area contributed by atoms with Gasteiger partial charge in [0.1, 0.15) is 6.29 Å². The van der Waals surface area contributed by atoms with Crippen molar-refractivity contribution in [3.63, 3.8) is 0 Å². The van der Waals surface area contributed by atoms with E-state index in [2.05, 4.69) is 18.3 Å². The second kappa shape index (κ2) is 3.93. The summed E-state index contributed by atoms with van der Waals surface area (Å²) in [6, 6.07) is 6.06. The maximum atomic E-state index is 10.9. The van der Waals surface area contributed by atoms with Crippen LogP contribution in [0.5, 0.6) is 0 Å². The molecule has 0 aromatic heterocycles. The minimum Gasteiger partial charge on any atom is -0.316 e. The number of aldehydes is 1. The van der Waals surface area contributed by atoms with Crippen LogP contribution >= 0.6 is 0 Å². The summed E-state index contributed by atoms with van der Waals surface area (Å²) in [5.41, 5.74) is 3.30. The summed E-state index contributed by atoms with van der Waals surface area (Å²) in [5, 5.41) is 3.33. The summed E-state index contributed by atoms with van der Waals surface area (Å²) in [5.74, 6) is 0.523. The normalized spacial score (nSPS) is 21.1. The lowest BCUT2D eigenvalue weighted by Gasteiger charge is -2.12. The maximum absolute atomic E-state index is 10.9. The first-order valence-corrected chi connectivity index (χ1v) is 5.07. The molecule has 0 saturated carbocycles. The topological polar surface area (TPSA) is 29.1 Å². The predicted molar refractivity (Wildman–Crippen MR) is 56.8 cm³/mol. The van der Waals surface area contributed by atoms with Crippen LogP contribution < -0.4 is 5.32 Å². The third kappa shape index (κ3) is 1.70. The Bertz CT molecular complexity index is 340. The molecule has 0 aliphatic carbocycles. The van der Waals surface area contributed by atoms with Crippen molar-refractivity contribution in [2.75, 3.05) is 13.1 Å². The molecule has 1 aliphatic rings. The van der Waals surface area contributed by atoms with Gasteiger partial charge < -0.3 is 5.32 Å². The van der Waals surface area contributed by atoms with Crippen LogP contribution in [0.15, 0.2) is 18.2 Å². The van der Waals surface area contributed by atoms with Crippen LogP contribution in [0, 0.1) is 6.92 Å². The average Bonchev–Trinajstić information content (AvgIpc) is 2.70. The number of hydrogen-bond acceptors (Lipinski definition) is 2. The third-order valence-electron chi connectivity index (χ3n) is 2.87. The van der Waals surface area contributed by atoms with Gasteiger partial charge in [-0.2, -0.15) is 0 Å². The first-order chi connectivity index (χ1) is 6.81. The van der Waals surface area contributed by atoms with E-state index >= 15 is 0 Å². The van der Waals surface area contributed by atoms with Crippen molar-refractivity contribution in [2.45, 2.75) is 19.3 Å². The molecule has 2 heteroatoms. The number of hydrogen-bond donors (Lipinski definition) is 1. The number of rotatable bonds is 2. The molecule has 0 radical (unpaired) electrons. The van der Waals surface area contributed by atoms with Crippen molar-refractivity contribution in [1.29, 1.82) is 0 Å². The van der Waals surface area contributed by atoms with Crippen molar-refractivity contribution in [3.05, 3.63) is 34.9 Å². The van der Waals surface area contributed by atoms with Gasteiger partial charge >= 0.3 is 0 Å². The Kier molecular flexibility index (Phi) is 2.64. The highest BCUT2D eigenvalue weighted by Gasteiger charge is 2.19. The highest BCUT2D eigenvalue weighted by molar-refractivity contribution is 5.77. The quantitative estimate of drug-likeness (QED) is 0.720. The Morgan fingerprint density at radius 2 is 2.36 bits per heavy atom. The Morgan fingerprint density at radius 3 is 3.00 bits per heavy atom. The van der Waals surface area contributed by atoms with Gasteiger partial charge in [0, 0.05) is 12.1 Å². The number of carbonyl (C=O) groups is 1. The maximum Gasteiger partial charge on any atom is 0.150 e. The fourth-order valence-corrected chi connectivity index (χ4v) is 2.08. The zero-order chi connectivity index (χ0) is 9.97. The van der Waals surface area contributed by atoms with E-state index in [-0.39, 0.29) is 0 Å². The van der Waals surface area contributed by atoms with Crippen LogP contribution in [0.2, 0.25) is 0 Å². The molecular weight excluding hydrogens is 174 g/mol. The molecular formula is C12H15NO. The molecule has 1 aliphatic heterocycles. The molecule has 2 rings (SSSR count). The van der Waals surface area contributed by atoms with E-state index < -0.39 is 0 Å². The van der Waals surface area contributed by atoms with Gasteiger partial charge in [0.2, 0.25) is 0 Å². The average molecular weight is 189 g/mol. The summed E-state index contributed by atoms with van der Waals surface area (Å²) >= 11 is 0. The van der Waals surface area contributed by atoms with Crippen LogP contribution in [0.25, 0.3) is 0 Å². The van der Waals surface area contributed by atoms with Crippen molar-refractivity contribution in [2.24, 2.45) is 0 Å². The van der Waals surface area contributed by atoms with E-state index in [9.17, 15) is 4.79 Å². The third-order valence-corrected chi connectivity index (χ3v) is 2.87. The minimum atomic E-state index is 0.523. The fourth-order valence-electron chi connectivity index (χ4n) is 2.08. The minimum absolute atomic E-state index is 0.523. The van der Waals surface area contributed by atoms with E-state index in [1.807, 2.05) is 12.1 Å². The van der Waals surface area contributed by atoms with Crippen LogP contribution in [-0.2, 0) is 0 Å². The lowest BCUT2D eigenvalue weighted by atomic mass is 9.92. The number of benzene rings is 1. The molecule has 1 aromatic carbocycles. The van der Waals surface area contributed by atoms with E-state index in [0.29, 0.717) is 5.92 Å². The lowest BCUT2D eigenvalue weighted by Crippen LogP contribution is -2.09. The summed E-state index contributed by atoms with van der Waals surface area (Å²) in [6.45, 7) is 4.14. The number of aryl methyl sites for hydroxylation is 1. The lowest BCUT2D eigenvalue weighted by molar-refractivity contribution is 0.112. The zero-order valence-electron chi connectivity index (χ0n) is 8.42. The summed E-state index contributed by atoms with van der Waals surface area (Å²) < 4.78 is 0. The highest BCUT2D eigenvalue weighted by atomic mass is 16.1. The summed E-state index contributed by atoms with van der Waals surface area (Å²) in [7, 11) is 0. The SMILES string of the molecule is Cc1ccc(C=O)c(C2CCNC2)c1. The molecule has 1 N–H and O–H groups in total. The van der Waals surface area contributed by atoms with Gasteiger partial charge in [0.15, 0.2) is 0 Å². The van der Waals surface area contributed by atoms with E-state index in [4.69, 9.17) is 0 Å². The molecule has 14 heavy (non-hydrogen) atoms. The van der Waals surface area contributed by atoms with Crippen molar-refractivity contribution >= 4 is 6.29 Å². The smallest absolute Gasteiger partial charge is 0.150 e. The molecule has 0 spiro atoms. The molecule has 1 saturated heterocycles. The van der Waals surface area contributed by atoms with Crippen LogP contribution in [0.4, 0.5) is 0 Å². The van der Waals surface area contributed by atoms with Gasteiger partial charge in [-0.25, -0.2) is 0 Å². The van der Waals surface area contributed by atoms with Gasteiger partial charge in [-0.05, 0) is 31.4 Å². The van der Waals surface area contributed by atoms with Gasteiger partial charge in [0.25, 0.3) is 0 Å². The second-order valence-corrected chi connectivity index (χ2v) is 3.94. The van der Waals surface area contributed by atoms with Crippen LogP contribution in [0.3, 0.4) is 0 Å². The Balaban J connectivity index is 2.37. The Labute approximate surface area is 84.3 Å². The monoisotopic (exact) mass is 189 g/mol. The van der Waals surface area contributed by atoms with E-state index in [1.54, 1.807) is 0 Å². The van der Waals surface area contributed by atoms with Gasteiger partial charge in [-0.1, -0.05) is 23.8 Å². The standard InChI is InChI=1S/C12H15NO/c1-9-2-3-11(8-14)12(6-9)10-4-5-13-7-10/h2-3,6,8,10,13H,4-5,7H2,1H3. The molecule has 1 unspecified atom stereocenters. The van der Waals surface area contributed by atoms with E-state index in [1.165, 1.54) is 11.1 Å². The first kappa shape index (κ1) is 9.41. The Hall–Kier alpha value is -1.15. The number of carbonyl (C=O) groups excluding carboxylic acids is 1. The first-order valence-electron chi connectivity index (χ1n) is 5.07. The highest BCUT2D eigenvalue weighted by Crippen LogP contribution is 2.25. The van der Waals surface area contributed by atoms with Crippen LogP contribution in [0.1, 0.15) is 33.8 Å². The predicted octanol–water partition coefficient (Wildman–Crippen LogP) is 1.88. The molecule has 1 fully saturated rings. The van der Waals surface area contributed by atoms with Gasteiger partial charge in [-0.15, -0.1) is 0 Å². The molecule has 1 atom stereocenters. The summed E-state index contributed by atoms with van der Waals surface area (Å²) in [4.78, 5) is 10.9. The second-order valence-electron chi connectivity index (χ2n) is 3.94. The van der Waals surface area contributed by atoms with Crippen molar-refractivity contribution in [1.82, 2.24) is 5.32 Å². The fraction of sp³-hybridized carbons (Fsp3) is 0.417. The largest absolute Gasteiger partial charge is 0.316 e. The molecule has 74 valence electrons. The summed E-state index contributed by atoms with van der Waals surface area (Å²) in [6.07, 6.45) is 2.11.